The Morgan fingerprint density at radius 3 is 2.81 bits per heavy atom. The second kappa shape index (κ2) is 6.67. The summed E-state index contributed by atoms with van der Waals surface area (Å²) in [5.41, 5.74) is 3.60. The Labute approximate surface area is 122 Å². The first-order valence-corrected chi connectivity index (χ1v) is 6.31. The maximum atomic E-state index is 12.2. The minimum absolute atomic E-state index is 0.214. The third kappa shape index (κ3) is 3.67. The Morgan fingerprint density at radius 2 is 2.19 bits per heavy atom. The van der Waals surface area contributed by atoms with Crippen LogP contribution in [0.25, 0.3) is 0 Å². The largest absolute Gasteiger partial charge is 0.497 e. The van der Waals surface area contributed by atoms with E-state index in [0.29, 0.717) is 12.4 Å². The zero-order valence-electron chi connectivity index (χ0n) is 11.9. The average molecular weight is 287 g/mol. The Bertz CT molecular complexity index is 615. The summed E-state index contributed by atoms with van der Waals surface area (Å²) in [6, 6.07) is 7.56. The van der Waals surface area contributed by atoms with Crippen LogP contribution in [0.2, 0.25) is 0 Å². The molecule has 1 heterocycles. The molecule has 1 aromatic carbocycles. The van der Waals surface area contributed by atoms with Crippen LogP contribution in [0.4, 0.5) is 5.82 Å². The topological polar surface area (TPSA) is 93.4 Å². The second-order valence-electron chi connectivity index (χ2n) is 4.44. The third-order valence-electron chi connectivity index (χ3n) is 2.92. The van der Waals surface area contributed by atoms with Crippen molar-refractivity contribution in [2.24, 2.45) is 5.84 Å². The standard InChI is InChI=1S/C14H17N5O2/c1-19(9-10-4-3-5-11(6-10)21-2)14(20)12-7-17-13(18-15)8-16-12/h3-8H,9,15H2,1-2H3,(H,17,18). The van der Waals surface area contributed by atoms with Gasteiger partial charge in [-0.3, -0.25) is 4.79 Å². The number of rotatable bonds is 5. The van der Waals surface area contributed by atoms with Crippen LogP contribution in [-0.2, 0) is 6.54 Å². The van der Waals surface area contributed by atoms with E-state index in [1.54, 1.807) is 19.1 Å². The van der Waals surface area contributed by atoms with E-state index in [-0.39, 0.29) is 11.6 Å². The highest BCUT2D eigenvalue weighted by Gasteiger charge is 2.14. The Kier molecular flexibility index (Phi) is 4.68. The van der Waals surface area contributed by atoms with Crippen LogP contribution < -0.4 is 16.0 Å². The minimum Gasteiger partial charge on any atom is -0.497 e. The van der Waals surface area contributed by atoms with Crippen LogP contribution in [-0.4, -0.2) is 34.9 Å². The summed E-state index contributed by atoms with van der Waals surface area (Å²) < 4.78 is 5.16. The number of benzene rings is 1. The smallest absolute Gasteiger partial charge is 0.274 e. The van der Waals surface area contributed by atoms with E-state index in [2.05, 4.69) is 15.4 Å². The van der Waals surface area contributed by atoms with Crippen molar-refractivity contribution in [2.45, 2.75) is 6.54 Å². The van der Waals surface area contributed by atoms with E-state index in [4.69, 9.17) is 10.6 Å². The molecule has 3 N–H and O–H groups in total. The van der Waals surface area contributed by atoms with Crippen molar-refractivity contribution < 1.29 is 9.53 Å². The van der Waals surface area contributed by atoms with E-state index in [1.165, 1.54) is 12.4 Å². The minimum atomic E-state index is -0.214. The number of hydrogen-bond donors (Lipinski definition) is 2. The predicted octanol–water partition coefficient (Wildman–Crippen LogP) is 1.04. The van der Waals surface area contributed by atoms with Crippen molar-refractivity contribution in [2.75, 3.05) is 19.6 Å². The first kappa shape index (κ1) is 14.7. The number of nitrogens with zero attached hydrogens (tertiary/aromatic N) is 3. The highest BCUT2D eigenvalue weighted by atomic mass is 16.5. The number of amides is 1. The molecule has 0 aliphatic rings. The number of aromatic nitrogens is 2. The SMILES string of the molecule is COc1cccc(CN(C)C(=O)c2cnc(NN)cn2)c1. The summed E-state index contributed by atoms with van der Waals surface area (Å²) in [5, 5.41) is 0. The lowest BCUT2D eigenvalue weighted by atomic mass is 10.2. The molecule has 0 saturated heterocycles. The molecule has 0 bridgehead atoms. The van der Waals surface area contributed by atoms with Gasteiger partial charge in [-0.25, -0.2) is 15.8 Å². The lowest BCUT2D eigenvalue weighted by Crippen LogP contribution is -2.27. The van der Waals surface area contributed by atoms with Gasteiger partial charge in [0.25, 0.3) is 5.91 Å². The second-order valence-corrected chi connectivity index (χ2v) is 4.44. The van der Waals surface area contributed by atoms with Gasteiger partial charge < -0.3 is 15.1 Å². The van der Waals surface area contributed by atoms with Gasteiger partial charge in [-0.2, -0.15) is 0 Å². The molecule has 110 valence electrons. The zero-order chi connectivity index (χ0) is 15.2. The highest BCUT2D eigenvalue weighted by molar-refractivity contribution is 5.91. The van der Waals surface area contributed by atoms with Crippen LogP contribution in [0.5, 0.6) is 5.75 Å². The van der Waals surface area contributed by atoms with Gasteiger partial charge in [-0.15, -0.1) is 0 Å². The third-order valence-corrected chi connectivity index (χ3v) is 2.92. The van der Waals surface area contributed by atoms with Gasteiger partial charge in [0.15, 0.2) is 5.82 Å². The lowest BCUT2D eigenvalue weighted by Gasteiger charge is -2.17. The number of hydrogen-bond acceptors (Lipinski definition) is 6. The summed E-state index contributed by atoms with van der Waals surface area (Å²) in [5.74, 6) is 6.15. The molecular weight excluding hydrogens is 270 g/mol. The molecule has 7 heteroatoms. The van der Waals surface area contributed by atoms with Gasteiger partial charge in [-0.1, -0.05) is 12.1 Å². The molecule has 0 unspecified atom stereocenters. The molecule has 0 aliphatic heterocycles. The zero-order valence-corrected chi connectivity index (χ0v) is 11.9. The molecule has 0 saturated carbocycles. The number of anilines is 1. The molecule has 1 amide bonds. The van der Waals surface area contributed by atoms with Crippen molar-refractivity contribution in [1.82, 2.24) is 14.9 Å². The number of nitrogens with one attached hydrogen (secondary N) is 1. The quantitative estimate of drug-likeness (QED) is 0.630. The van der Waals surface area contributed by atoms with Crippen molar-refractivity contribution >= 4 is 11.7 Å². The number of methoxy groups -OCH3 is 1. The van der Waals surface area contributed by atoms with Crippen molar-refractivity contribution in [3.63, 3.8) is 0 Å². The van der Waals surface area contributed by atoms with E-state index in [1.807, 2.05) is 24.3 Å². The Morgan fingerprint density at radius 1 is 1.38 bits per heavy atom. The number of carbonyl (C=O) groups is 1. The van der Waals surface area contributed by atoms with Crippen molar-refractivity contribution in [3.8, 4) is 5.75 Å². The van der Waals surface area contributed by atoms with Crippen molar-refractivity contribution in [3.05, 3.63) is 47.9 Å². The van der Waals surface area contributed by atoms with Gasteiger partial charge in [0, 0.05) is 13.6 Å². The van der Waals surface area contributed by atoms with Crippen LogP contribution in [0.15, 0.2) is 36.7 Å². The van der Waals surface area contributed by atoms with Gasteiger partial charge in [0.1, 0.15) is 11.4 Å². The number of ether oxygens (including phenoxy) is 1. The molecule has 1 aromatic heterocycles. The summed E-state index contributed by atoms with van der Waals surface area (Å²) in [6.07, 6.45) is 2.80. The fourth-order valence-electron chi connectivity index (χ4n) is 1.83. The number of nitrogen functional groups attached to an aromatic ring is 1. The number of carbonyl (C=O) groups excluding carboxylic acids is 1. The number of hydrazine groups is 1. The average Bonchev–Trinajstić information content (AvgIpc) is 2.54. The molecule has 7 nitrogen and oxygen atoms in total. The monoisotopic (exact) mass is 287 g/mol. The molecule has 2 aromatic rings. The van der Waals surface area contributed by atoms with Crippen LogP contribution in [0.3, 0.4) is 0 Å². The fourth-order valence-corrected chi connectivity index (χ4v) is 1.83. The number of nitrogens with two attached hydrogens (primary N) is 1. The predicted molar refractivity (Wildman–Crippen MR) is 78.6 cm³/mol. The molecule has 0 spiro atoms. The van der Waals surface area contributed by atoms with E-state index in [0.717, 1.165) is 11.3 Å². The molecule has 0 radical (unpaired) electrons. The maximum Gasteiger partial charge on any atom is 0.274 e. The van der Waals surface area contributed by atoms with Crippen LogP contribution in [0, 0.1) is 0 Å². The fraction of sp³-hybridized carbons (Fsp3) is 0.214. The van der Waals surface area contributed by atoms with Gasteiger partial charge in [0.05, 0.1) is 19.5 Å². The van der Waals surface area contributed by atoms with E-state index in [9.17, 15) is 4.79 Å². The summed E-state index contributed by atoms with van der Waals surface area (Å²) >= 11 is 0. The molecule has 21 heavy (non-hydrogen) atoms. The molecular formula is C14H17N5O2. The Balaban J connectivity index is 2.07. The van der Waals surface area contributed by atoms with Crippen molar-refractivity contribution in [1.29, 1.82) is 0 Å². The lowest BCUT2D eigenvalue weighted by molar-refractivity contribution is 0.0778. The van der Waals surface area contributed by atoms with Gasteiger partial charge in [0.2, 0.25) is 0 Å². The maximum absolute atomic E-state index is 12.2. The van der Waals surface area contributed by atoms with E-state index < -0.39 is 0 Å². The molecule has 2 rings (SSSR count). The van der Waals surface area contributed by atoms with E-state index >= 15 is 0 Å². The summed E-state index contributed by atoms with van der Waals surface area (Å²) in [4.78, 5) is 21.8. The highest BCUT2D eigenvalue weighted by Crippen LogP contribution is 2.14. The summed E-state index contributed by atoms with van der Waals surface area (Å²) in [6.45, 7) is 0.453. The first-order valence-electron chi connectivity index (χ1n) is 6.31. The molecule has 0 aliphatic carbocycles. The van der Waals surface area contributed by atoms with Gasteiger partial charge >= 0.3 is 0 Å². The summed E-state index contributed by atoms with van der Waals surface area (Å²) in [7, 11) is 3.31. The Hall–Kier alpha value is -2.67. The molecule has 0 fully saturated rings. The normalized spacial score (nSPS) is 10.0. The first-order chi connectivity index (χ1) is 10.1. The van der Waals surface area contributed by atoms with Gasteiger partial charge in [-0.05, 0) is 17.7 Å². The van der Waals surface area contributed by atoms with Crippen LogP contribution in [0.1, 0.15) is 16.1 Å². The molecule has 0 atom stereocenters. The van der Waals surface area contributed by atoms with Crippen LogP contribution >= 0.6 is 0 Å².